The molecule has 0 atom stereocenters. The molecule has 3 amide bonds. The summed E-state index contributed by atoms with van der Waals surface area (Å²) < 4.78 is 5.24. The van der Waals surface area contributed by atoms with Crippen molar-refractivity contribution >= 4 is 35.1 Å². The van der Waals surface area contributed by atoms with Gasteiger partial charge in [-0.3, -0.25) is 9.69 Å². The molecule has 1 N–H and O–H groups in total. The lowest BCUT2D eigenvalue weighted by atomic mass is 10.0. The van der Waals surface area contributed by atoms with Crippen LogP contribution in [-0.4, -0.2) is 47.7 Å². The van der Waals surface area contributed by atoms with Crippen molar-refractivity contribution in [2.45, 2.75) is 31.1 Å². The molecule has 4 rings (SSSR count). The molecule has 0 saturated carbocycles. The van der Waals surface area contributed by atoms with Gasteiger partial charge in [0.25, 0.3) is 0 Å². The third-order valence-electron chi connectivity index (χ3n) is 5.90. The Kier molecular flexibility index (Phi) is 5.90. The highest BCUT2D eigenvalue weighted by molar-refractivity contribution is 8.02. The zero-order chi connectivity index (χ0) is 21.1. The highest BCUT2D eigenvalue weighted by atomic mass is 32.2. The molecule has 6 nitrogen and oxygen atoms in total. The summed E-state index contributed by atoms with van der Waals surface area (Å²) in [7, 11) is 1.63. The van der Waals surface area contributed by atoms with Gasteiger partial charge in [-0.2, -0.15) is 0 Å². The Morgan fingerprint density at radius 1 is 1.10 bits per heavy atom. The molecule has 2 fully saturated rings. The van der Waals surface area contributed by atoms with Crippen molar-refractivity contribution in [3.05, 3.63) is 54.1 Å². The predicted molar refractivity (Wildman–Crippen MR) is 121 cm³/mol. The van der Waals surface area contributed by atoms with Gasteiger partial charge >= 0.3 is 6.03 Å². The molecule has 1 spiro atoms. The fourth-order valence-electron chi connectivity index (χ4n) is 4.12. The summed E-state index contributed by atoms with van der Waals surface area (Å²) >= 11 is 1.70. The number of carbonyl (C=O) groups is 2. The maximum Gasteiger partial charge on any atom is 0.321 e. The molecular weight excluding hydrogens is 398 g/mol. The Bertz CT molecular complexity index is 906. The molecule has 2 aromatic carbocycles. The number of ether oxygens (including phenoxy) is 1. The van der Waals surface area contributed by atoms with Crippen LogP contribution in [0.1, 0.15) is 25.3 Å². The molecule has 7 heteroatoms. The highest BCUT2D eigenvalue weighted by Gasteiger charge is 2.49. The number of nitrogens with zero attached hydrogens (tertiary/aromatic N) is 2. The van der Waals surface area contributed by atoms with E-state index < -0.39 is 0 Å². The summed E-state index contributed by atoms with van der Waals surface area (Å²) in [5, 5.41) is 2.99. The summed E-state index contributed by atoms with van der Waals surface area (Å²) in [4.78, 5) is 28.9. The van der Waals surface area contributed by atoms with E-state index in [-0.39, 0.29) is 16.8 Å². The van der Waals surface area contributed by atoms with Crippen LogP contribution in [0.2, 0.25) is 0 Å². The van der Waals surface area contributed by atoms with Gasteiger partial charge in [0.15, 0.2) is 0 Å². The minimum absolute atomic E-state index is 0.0839. The minimum atomic E-state index is -0.286. The van der Waals surface area contributed by atoms with Crippen molar-refractivity contribution in [2.24, 2.45) is 0 Å². The van der Waals surface area contributed by atoms with Crippen molar-refractivity contribution in [1.29, 1.82) is 0 Å². The number of hydrogen-bond donors (Lipinski definition) is 1. The van der Waals surface area contributed by atoms with Crippen LogP contribution < -0.4 is 15.0 Å². The normalized spacial score (nSPS) is 18.0. The number of anilines is 2. The Hall–Kier alpha value is -2.67. The average Bonchev–Trinajstić information content (AvgIpc) is 3.10. The van der Waals surface area contributed by atoms with E-state index in [2.05, 4.69) is 12.2 Å². The second kappa shape index (κ2) is 8.60. The second-order valence-corrected chi connectivity index (χ2v) is 8.97. The van der Waals surface area contributed by atoms with Gasteiger partial charge in [-0.25, -0.2) is 4.79 Å². The molecule has 2 heterocycles. The van der Waals surface area contributed by atoms with Crippen molar-refractivity contribution in [3.8, 4) is 5.75 Å². The molecule has 2 aliphatic rings. The van der Waals surface area contributed by atoms with E-state index in [9.17, 15) is 9.59 Å². The first-order valence-electron chi connectivity index (χ1n) is 10.3. The maximum atomic E-state index is 12.7. The number of nitrogens with one attached hydrogen (secondary N) is 1. The van der Waals surface area contributed by atoms with Gasteiger partial charge in [-0.05, 0) is 61.2 Å². The largest absolute Gasteiger partial charge is 0.497 e. The number of likely N-dealkylation sites (tertiary alicyclic amines) is 1. The Morgan fingerprint density at radius 3 is 2.37 bits per heavy atom. The molecule has 0 aliphatic carbocycles. The highest BCUT2D eigenvalue weighted by Crippen LogP contribution is 2.47. The van der Waals surface area contributed by atoms with Gasteiger partial charge < -0.3 is 15.0 Å². The summed E-state index contributed by atoms with van der Waals surface area (Å²) in [6.07, 6.45) is 2.47. The first kappa shape index (κ1) is 20.6. The molecule has 2 saturated heterocycles. The lowest BCUT2D eigenvalue weighted by Gasteiger charge is -2.43. The fraction of sp³-hybridized carbons (Fsp3) is 0.391. The monoisotopic (exact) mass is 425 g/mol. The lowest BCUT2D eigenvalue weighted by molar-refractivity contribution is -0.116. The summed E-state index contributed by atoms with van der Waals surface area (Å²) in [6, 6.07) is 15.5. The quantitative estimate of drug-likeness (QED) is 0.791. The average molecular weight is 426 g/mol. The van der Waals surface area contributed by atoms with E-state index in [1.54, 1.807) is 18.9 Å². The topological polar surface area (TPSA) is 61.9 Å². The van der Waals surface area contributed by atoms with Crippen LogP contribution in [0.3, 0.4) is 0 Å². The smallest absolute Gasteiger partial charge is 0.321 e. The molecule has 0 bridgehead atoms. The van der Waals surface area contributed by atoms with Gasteiger partial charge in [0.1, 0.15) is 5.75 Å². The van der Waals surface area contributed by atoms with E-state index in [4.69, 9.17) is 4.74 Å². The summed E-state index contributed by atoms with van der Waals surface area (Å²) in [5.74, 6) is 1.37. The number of thioether (sulfide) groups is 1. The van der Waals surface area contributed by atoms with E-state index >= 15 is 0 Å². The third kappa shape index (κ3) is 3.99. The van der Waals surface area contributed by atoms with Crippen LogP contribution in [0.15, 0.2) is 48.5 Å². The SMILES string of the molecule is CCc1ccc(NC(=O)N2CCC3(CC2)SCC(=O)N3c2ccc(OC)cc2)cc1. The molecule has 0 unspecified atom stereocenters. The van der Waals surface area contributed by atoms with Crippen LogP contribution in [-0.2, 0) is 11.2 Å². The van der Waals surface area contributed by atoms with Gasteiger partial charge in [0, 0.05) is 24.5 Å². The van der Waals surface area contributed by atoms with E-state index in [0.29, 0.717) is 18.8 Å². The number of methoxy groups -OCH3 is 1. The zero-order valence-corrected chi connectivity index (χ0v) is 18.2. The number of amides is 3. The van der Waals surface area contributed by atoms with Gasteiger partial charge in [0.2, 0.25) is 5.91 Å². The number of rotatable bonds is 4. The Balaban J connectivity index is 1.42. The van der Waals surface area contributed by atoms with Crippen molar-refractivity contribution in [2.75, 3.05) is 36.2 Å². The van der Waals surface area contributed by atoms with E-state index in [1.807, 2.05) is 58.3 Å². The fourth-order valence-corrected chi connectivity index (χ4v) is 5.45. The van der Waals surface area contributed by atoms with E-state index in [0.717, 1.165) is 36.4 Å². The van der Waals surface area contributed by atoms with Gasteiger partial charge in [-0.15, -0.1) is 11.8 Å². The van der Waals surface area contributed by atoms with Crippen molar-refractivity contribution in [1.82, 2.24) is 4.90 Å². The van der Waals surface area contributed by atoms with Crippen LogP contribution in [0.5, 0.6) is 5.75 Å². The van der Waals surface area contributed by atoms with Crippen LogP contribution in [0.25, 0.3) is 0 Å². The number of piperidine rings is 1. The Labute approximate surface area is 181 Å². The molecule has 0 aromatic heterocycles. The first-order chi connectivity index (χ1) is 14.5. The van der Waals surface area contributed by atoms with Crippen LogP contribution >= 0.6 is 11.8 Å². The number of aryl methyl sites for hydroxylation is 1. The Morgan fingerprint density at radius 2 is 1.77 bits per heavy atom. The van der Waals surface area contributed by atoms with Gasteiger partial charge in [-0.1, -0.05) is 19.1 Å². The second-order valence-electron chi connectivity index (χ2n) is 7.63. The van der Waals surface area contributed by atoms with Crippen molar-refractivity contribution < 1.29 is 14.3 Å². The third-order valence-corrected chi connectivity index (χ3v) is 7.42. The van der Waals surface area contributed by atoms with Crippen LogP contribution in [0.4, 0.5) is 16.2 Å². The zero-order valence-electron chi connectivity index (χ0n) is 17.4. The molecule has 2 aromatic rings. The molecule has 2 aliphatic heterocycles. The number of benzene rings is 2. The lowest BCUT2D eigenvalue weighted by Crippen LogP contribution is -2.53. The van der Waals surface area contributed by atoms with Crippen molar-refractivity contribution in [3.63, 3.8) is 0 Å². The molecular formula is C23H27N3O3S. The first-order valence-corrected chi connectivity index (χ1v) is 11.3. The standard InChI is InChI=1S/C23H27N3O3S/c1-3-17-4-6-18(7-5-17)24-22(28)25-14-12-23(13-15-25)26(21(27)16-30-23)19-8-10-20(29-2)11-9-19/h4-11H,3,12-16H2,1-2H3,(H,24,28). The molecule has 30 heavy (non-hydrogen) atoms. The van der Waals surface area contributed by atoms with Crippen LogP contribution in [0, 0.1) is 0 Å². The number of carbonyl (C=O) groups excluding carboxylic acids is 2. The molecule has 0 radical (unpaired) electrons. The number of hydrogen-bond acceptors (Lipinski definition) is 4. The summed E-state index contributed by atoms with van der Waals surface area (Å²) in [5.41, 5.74) is 2.94. The summed E-state index contributed by atoms with van der Waals surface area (Å²) in [6.45, 7) is 3.34. The maximum absolute atomic E-state index is 12.7. The minimum Gasteiger partial charge on any atom is -0.497 e. The molecule has 158 valence electrons. The number of urea groups is 1. The van der Waals surface area contributed by atoms with Gasteiger partial charge in [0.05, 0.1) is 17.7 Å². The predicted octanol–water partition coefficient (Wildman–Crippen LogP) is 4.36. The van der Waals surface area contributed by atoms with E-state index in [1.165, 1.54) is 5.56 Å².